The van der Waals surface area contributed by atoms with Gasteiger partial charge in [-0.3, -0.25) is 4.79 Å². The van der Waals surface area contributed by atoms with Crippen LogP contribution in [0.1, 0.15) is 17.4 Å². The molecule has 2 aromatic rings. The topological polar surface area (TPSA) is 72.1 Å². The zero-order valence-electron chi connectivity index (χ0n) is 10.4. The standard InChI is InChI=1S/C13H13FN4O/c1-2-18(11-6-4-3-5-9(11)14)13(19)10-7-17-12(15)8-16-10/h3-8H,2H2,1H3,(H2,15,17). The van der Waals surface area contributed by atoms with E-state index in [2.05, 4.69) is 9.97 Å². The SMILES string of the molecule is CCN(C(=O)c1cnc(N)cn1)c1ccccc1F. The van der Waals surface area contributed by atoms with Crippen molar-refractivity contribution < 1.29 is 9.18 Å². The summed E-state index contributed by atoms with van der Waals surface area (Å²) in [4.78, 5) is 21.3. The van der Waals surface area contributed by atoms with Crippen LogP contribution in [0.3, 0.4) is 0 Å². The van der Waals surface area contributed by atoms with Crippen molar-refractivity contribution in [2.45, 2.75) is 6.92 Å². The number of para-hydroxylation sites is 1. The van der Waals surface area contributed by atoms with E-state index in [-0.39, 0.29) is 17.2 Å². The van der Waals surface area contributed by atoms with Gasteiger partial charge < -0.3 is 10.6 Å². The fourth-order valence-corrected chi connectivity index (χ4v) is 1.68. The molecule has 0 aliphatic carbocycles. The number of nitrogens with two attached hydrogens (primary N) is 1. The average Bonchev–Trinajstić information content (AvgIpc) is 2.42. The van der Waals surface area contributed by atoms with Gasteiger partial charge in [0.2, 0.25) is 0 Å². The maximum atomic E-state index is 13.7. The average molecular weight is 260 g/mol. The molecular formula is C13H13FN4O. The molecule has 0 saturated heterocycles. The van der Waals surface area contributed by atoms with Crippen molar-refractivity contribution in [3.63, 3.8) is 0 Å². The summed E-state index contributed by atoms with van der Waals surface area (Å²) in [5.74, 6) is -0.647. The largest absolute Gasteiger partial charge is 0.382 e. The Labute approximate surface area is 109 Å². The molecule has 1 heterocycles. The Hall–Kier alpha value is -2.50. The zero-order chi connectivity index (χ0) is 13.8. The van der Waals surface area contributed by atoms with Gasteiger partial charge in [0.1, 0.15) is 17.3 Å². The van der Waals surface area contributed by atoms with Crippen molar-refractivity contribution >= 4 is 17.4 Å². The van der Waals surface area contributed by atoms with Crippen LogP contribution in [-0.4, -0.2) is 22.4 Å². The number of rotatable bonds is 3. The van der Waals surface area contributed by atoms with E-state index in [0.717, 1.165) is 0 Å². The molecule has 6 heteroatoms. The van der Waals surface area contributed by atoms with Gasteiger partial charge >= 0.3 is 0 Å². The number of nitrogens with zero attached hydrogens (tertiary/aromatic N) is 3. The minimum absolute atomic E-state index is 0.124. The number of benzene rings is 1. The third-order valence-corrected chi connectivity index (χ3v) is 2.60. The first-order valence-corrected chi connectivity index (χ1v) is 5.77. The smallest absolute Gasteiger partial charge is 0.278 e. The van der Waals surface area contributed by atoms with Crippen molar-refractivity contribution in [1.29, 1.82) is 0 Å². The van der Waals surface area contributed by atoms with Gasteiger partial charge in [-0.1, -0.05) is 12.1 Å². The second-order valence-electron chi connectivity index (χ2n) is 3.83. The molecular weight excluding hydrogens is 247 g/mol. The van der Waals surface area contributed by atoms with Crippen molar-refractivity contribution in [1.82, 2.24) is 9.97 Å². The Morgan fingerprint density at radius 1 is 1.32 bits per heavy atom. The predicted octanol–water partition coefficient (Wildman–Crippen LogP) is 1.86. The second kappa shape index (κ2) is 5.43. The summed E-state index contributed by atoms with van der Waals surface area (Å²) in [6.45, 7) is 2.08. The Morgan fingerprint density at radius 2 is 2.05 bits per heavy atom. The predicted molar refractivity (Wildman–Crippen MR) is 70.2 cm³/mol. The lowest BCUT2D eigenvalue weighted by Crippen LogP contribution is -2.32. The van der Waals surface area contributed by atoms with Crippen LogP contribution in [0.15, 0.2) is 36.7 Å². The molecule has 0 atom stereocenters. The molecule has 0 fully saturated rings. The van der Waals surface area contributed by atoms with Crippen LogP contribution in [0.2, 0.25) is 0 Å². The maximum Gasteiger partial charge on any atom is 0.278 e. The molecule has 0 spiro atoms. The van der Waals surface area contributed by atoms with E-state index in [1.165, 1.54) is 23.4 Å². The lowest BCUT2D eigenvalue weighted by molar-refractivity contribution is 0.0982. The Balaban J connectivity index is 2.35. The van der Waals surface area contributed by atoms with Crippen LogP contribution in [-0.2, 0) is 0 Å². The minimum Gasteiger partial charge on any atom is -0.382 e. The molecule has 0 aliphatic rings. The number of anilines is 2. The monoisotopic (exact) mass is 260 g/mol. The molecule has 98 valence electrons. The molecule has 5 nitrogen and oxygen atoms in total. The van der Waals surface area contributed by atoms with Crippen LogP contribution in [0.25, 0.3) is 0 Å². The molecule has 2 rings (SSSR count). The third-order valence-electron chi connectivity index (χ3n) is 2.60. The number of aromatic nitrogens is 2. The zero-order valence-corrected chi connectivity index (χ0v) is 10.4. The Morgan fingerprint density at radius 3 is 2.63 bits per heavy atom. The summed E-state index contributed by atoms with van der Waals surface area (Å²) in [5.41, 5.74) is 5.75. The summed E-state index contributed by atoms with van der Waals surface area (Å²) in [5, 5.41) is 0. The van der Waals surface area contributed by atoms with E-state index in [4.69, 9.17) is 5.73 Å². The first kappa shape index (κ1) is 12.9. The molecule has 0 radical (unpaired) electrons. The van der Waals surface area contributed by atoms with Crippen LogP contribution in [0.5, 0.6) is 0 Å². The normalized spacial score (nSPS) is 10.2. The molecule has 0 saturated carbocycles. The van der Waals surface area contributed by atoms with E-state index in [1.807, 2.05) is 0 Å². The maximum absolute atomic E-state index is 13.7. The first-order chi connectivity index (χ1) is 9.13. The molecule has 1 amide bonds. The number of hydrogen-bond acceptors (Lipinski definition) is 4. The van der Waals surface area contributed by atoms with Crippen LogP contribution in [0.4, 0.5) is 15.9 Å². The molecule has 0 bridgehead atoms. The highest BCUT2D eigenvalue weighted by molar-refractivity contribution is 6.04. The van der Waals surface area contributed by atoms with Gasteiger partial charge in [0.25, 0.3) is 5.91 Å². The molecule has 2 N–H and O–H groups in total. The Bertz CT molecular complexity index is 585. The summed E-state index contributed by atoms with van der Waals surface area (Å²) in [6, 6.07) is 6.09. The number of carbonyl (C=O) groups is 1. The highest BCUT2D eigenvalue weighted by atomic mass is 19.1. The van der Waals surface area contributed by atoms with Crippen LogP contribution < -0.4 is 10.6 Å². The molecule has 19 heavy (non-hydrogen) atoms. The van der Waals surface area contributed by atoms with Gasteiger partial charge in [0.05, 0.1) is 18.1 Å². The number of amides is 1. The third kappa shape index (κ3) is 2.67. The van der Waals surface area contributed by atoms with Gasteiger partial charge in [-0.25, -0.2) is 14.4 Å². The van der Waals surface area contributed by atoms with Gasteiger partial charge in [-0.15, -0.1) is 0 Å². The Kier molecular flexibility index (Phi) is 3.70. The van der Waals surface area contributed by atoms with Crippen molar-refractivity contribution in [3.05, 3.63) is 48.2 Å². The number of carbonyl (C=O) groups excluding carboxylic acids is 1. The number of hydrogen-bond donors (Lipinski definition) is 1. The summed E-state index contributed by atoms with van der Waals surface area (Å²) in [7, 11) is 0. The molecule has 1 aromatic carbocycles. The van der Waals surface area contributed by atoms with E-state index in [0.29, 0.717) is 6.54 Å². The molecule has 0 aliphatic heterocycles. The van der Waals surface area contributed by atoms with Crippen molar-refractivity contribution in [2.24, 2.45) is 0 Å². The fourth-order valence-electron chi connectivity index (χ4n) is 1.68. The van der Waals surface area contributed by atoms with Gasteiger partial charge in [-0.05, 0) is 19.1 Å². The van der Waals surface area contributed by atoms with E-state index in [1.54, 1.807) is 25.1 Å². The summed E-state index contributed by atoms with van der Waals surface area (Å²) < 4.78 is 13.7. The van der Waals surface area contributed by atoms with Gasteiger partial charge in [-0.2, -0.15) is 0 Å². The quantitative estimate of drug-likeness (QED) is 0.914. The van der Waals surface area contributed by atoms with E-state index >= 15 is 0 Å². The van der Waals surface area contributed by atoms with E-state index < -0.39 is 11.7 Å². The van der Waals surface area contributed by atoms with E-state index in [9.17, 15) is 9.18 Å². The summed E-state index contributed by atoms with van der Waals surface area (Å²) in [6.07, 6.45) is 2.57. The highest BCUT2D eigenvalue weighted by Gasteiger charge is 2.20. The number of nitrogen functional groups attached to an aromatic ring is 1. The van der Waals surface area contributed by atoms with Gasteiger partial charge in [0, 0.05) is 6.54 Å². The lowest BCUT2D eigenvalue weighted by atomic mass is 10.2. The summed E-state index contributed by atoms with van der Waals surface area (Å²) >= 11 is 0. The van der Waals surface area contributed by atoms with Crippen molar-refractivity contribution in [2.75, 3.05) is 17.2 Å². The van der Waals surface area contributed by atoms with Crippen LogP contribution in [0, 0.1) is 5.82 Å². The molecule has 0 unspecified atom stereocenters. The minimum atomic E-state index is -0.457. The first-order valence-electron chi connectivity index (χ1n) is 5.77. The highest BCUT2D eigenvalue weighted by Crippen LogP contribution is 2.20. The molecule has 1 aromatic heterocycles. The second-order valence-corrected chi connectivity index (χ2v) is 3.83. The fraction of sp³-hybridized carbons (Fsp3) is 0.154. The number of halogens is 1. The lowest BCUT2D eigenvalue weighted by Gasteiger charge is -2.20. The van der Waals surface area contributed by atoms with Crippen LogP contribution >= 0.6 is 0 Å². The van der Waals surface area contributed by atoms with Crippen molar-refractivity contribution in [3.8, 4) is 0 Å². The van der Waals surface area contributed by atoms with Gasteiger partial charge in [0.15, 0.2) is 0 Å².